The Kier molecular flexibility index (Phi) is 3.23. The third-order valence-electron chi connectivity index (χ3n) is 3.88. The van der Waals surface area contributed by atoms with E-state index in [9.17, 15) is 13.2 Å². The molecule has 5 heteroatoms. The van der Waals surface area contributed by atoms with Crippen molar-refractivity contribution in [3.05, 3.63) is 70.5 Å². The van der Waals surface area contributed by atoms with Crippen LogP contribution in [0.2, 0.25) is 0 Å². The first kappa shape index (κ1) is 13.1. The quantitative estimate of drug-likeness (QED) is 0.514. The maximum atomic E-state index is 13.9. The number of benzene rings is 2. The van der Waals surface area contributed by atoms with E-state index in [1.165, 1.54) is 11.6 Å². The van der Waals surface area contributed by atoms with Crippen molar-refractivity contribution in [2.45, 2.75) is 18.4 Å². The minimum atomic E-state index is -1.46. The minimum Gasteiger partial charge on any atom is -0.271 e. The summed E-state index contributed by atoms with van der Waals surface area (Å²) in [4.78, 5) is 0. The molecule has 0 saturated heterocycles. The Morgan fingerprint density at radius 1 is 1.05 bits per heavy atom. The Balaban J connectivity index is 1.99. The Morgan fingerprint density at radius 3 is 2.50 bits per heavy atom. The highest BCUT2D eigenvalue weighted by Gasteiger charge is 2.35. The van der Waals surface area contributed by atoms with Crippen molar-refractivity contribution in [3.8, 4) is 0 Å². The van der Waals surface area contributed by atoms with Gasteiger partial charge in [-0.3, -0.25) is 11.3 Å². The van der Waals surface area contributed by atoms with E-state index >= 15 is 0 Å². The zero-order chi connectivity index (χ0) is 14.3. The smallest absolute Gasteiger partial charge is 0.194 e. The van der Waals surface area contributed by atoms with Gasteiger partial charge in [-0.05, 0) is 23.6 Å². The molecule has 0 heterocycles. The zero-order valence-electron chi connectivity index (χ0n) is 10.5. The Labute approximate surface area is 114 Å². The number of hydrazine groups is 1. The van der Waals surface area contributed by atoms with Crippen molar-refractivity contribution in [3.63, 3.8) is 0 Å². The van der Waals surface area contributed by atoms with E-state index in [1.54, 1.807) is 0 Å². The van der Waals surface area contributed by atoms with Crippen LogP contribution in [0.5, 0.6) is 0 Å². The highest BCUT2D eigenvalue weighted by atomic mass is 19.2. The van der Waals surface area contributed by atoms with Gasteiger partial charge in [-0.2, -0.15) is 0 Å². The molecule has 0 aliphatic heterocycles. The fraction of sp³-hybridized carbons (Fsp3) is 0.200. The number of rotatable bonds is 3. The maximum Gasteiger partial charge on any atom is 0.194 e. The van der Waals surface area contributed by atoms with Crippen LogP contribution in [-0.2, 0) is 6.42 Å². The third kappa shape index (κ3) is 1.90. The van der Waals surface area contributed by atoms with E-state index in [0.717, 1.165) is 18.1 Å². The van der Waals surface area contributed by atoms with Crippen molar-refractivity contribution >= 4 is 0 Å². The first-order valence-corrected chi connectivity index (χ1v) is 6.30. The summed E-state index contributed by atoms with van der Waals surface area (Å²) in [6, 6.07) is 9.31. The van der Waals surface area contributed by atoms with Crippen LogP contribution in [0.4, 0.5) is 13.2 Å². The van der Waals surface area contributed by atoms with E-state index in [-0.39, 0.29) is 11.5 Å². The summed E-state index contributed by atoms with van der Waals surface area (Å²) in [5.41, 5.74) is 4.79. The number of nitrogens with one attached hydrogen (secondary N) is 1. The van der Waals surface area contributed by atoms with Gasteiger partial charge in [0.25, 0.3) is 0 Å². The van der Waals surface area contributed by atoms with E-state index < -0.39 is 23.5 Å². The predicted molar refractivity (Wildman–Crippen MR) is 69.3 cm³/mol. The Hall–Kier alpha value is -1.85. The summed E-state index contributed by atoms with van der Waals surface area (Å²) in [5, 5.41) is 0. The monoisotopic (exact) mass is 278 g/mol. The van der Waals surface area contributed by atoms with Crippen LogP contribution in [0.1, 0.15) is 28.7 Å². The molecule has 2 nitrogen and oxygen atoms in total. The molecule has 0 fully saturated rings. The molecule has 2 atom stereocenters. The summed E-state index contributed by atoms with van der Waals surface area (Å²) in [5.74, 6) is 1.61. The van der Waals surface area contributed by atoms with Gasteiger partial charge in [-0.25, -0.2) is 13.2 Å². The molecular formula is C15H13F3N2. The summed E-state index contributed by atoms with van der Waals surface area (Å²) in [6.45, 7) is 0. The average Bonchev–Trinajstić information content (AvgIpc) is 2.43. The number of halogens is 3. The van der Waals surface area contributed by atoms with E-state index in [0.29, 0.717) is 0 Å². The first-order chi connectivity index (χ1) is 9.63. The number of fused-ring (bicyclic) bond motifs is 1. The fourth-order valence-electron chi connectivity index (χ4n) is 2.80. The normalized spacial score (nSPS) is 18.3. The Morgan fingerprint density at radius 2 is 1.80 bits per heavy atom. The minimum absolute atomic E-state index is 0.0458. The summed E-state index contributed by atoms with van der Waals surface area (Å²) in [7, 11) is 0. The van der Waals surface area contributed by atoms with Crippen molar-refractivity contribution in [2.24, 2.45) is 5.84 Å². The molecule has 3 rings (SSSR count). The molecule has 0 saturated carbocycles. The SMILES string of the molecule is NNC(c1ccc(F)c(F)c1F)C1Cc2ccccc21. The van der Waals surface area contributed by atoms with Gasteiger partial charge < -0.3 is 0 Å². The number of hydrogen-bond acceptors (Lipinski definition) is 2. The lowest BCUT2D eigenvalue weighted by molar-refractivity contribution is 0.383. The molecule has 0 radical (unpaired) electrons. The maximum absolute atomic E-state index is 13.9. The highest BCUT2D eigenvalue weighted by Crippen LogP contribution is 2.43. The molecule has 2 aromatic carbocycles. The average molecular weight is 278 g/mol. The van der Waals surface area contributed by atoms with Crippen LogP contribution >= 0.6 is 0 Å². The Bertz CT molecular complexity index is 658. The molecule has 0 amide bonds. The third-order valence-corrected chi connectivity index (χ3v) is 3.88. The molecule has 3 N–H and O–H groups in total. The van der Waals surface area contributed by atoms with Crippen LogP contribution in [0.25, 0.3) is 0 Å². The summed E-state index contributed by atoms with van der Waals surface area (Å²) >= 11 is 0. The van der Waals surface area contributed by atoms with Gasteiger partial charge in [0.15, 0.2) is 17.5 Å². The lowest BCUT2D eigenvalue weighted by Gasteiger charge is -2.36. The van der Waals surface area contributed by atoms with Gasteiger partial charge in [0, 0.05) is 11.5 Å². The van der Waals surface area contributed by atoms with Crippen molar-refractivity contribution in [1.82, 2.24) is 5.43 Å². The number of nitrogens with two attached hydrogens (primary N) is 1. The zero-order valence-corrected chi connectivity index (χ0v) is 10.5. The fourth-order valence-corrected chi connectivity index (χ4v) is 2.80. The van der Waals surface area contributed by atoms with Crippen LogP contribution in [0.3, 0.4) is 0 Å². The lowest BCUT2D eigenvalue weighted by Crippen LogP contribution is -2.37. The summed E-state index contributed by atoms with van der Waals surface area (Å²) in [6.07, 6.45) is 0.726. The second-order valence-electron chi connectivity index (χ2n) is 4.92. The first-order valence-electron chi connectivity index (χ1n) is 6.30. The molecule has 2 aromatic rings. The molecule has 20 heavy (non-hydrogen) atoms. The van der Waals surface area contributed by atoms with Crippen LogP contribution in [-0.4, -0.2) is 0 Å². The standard InChI is InChI=1S/C15H13F3N2/c16-12-6-5-10(13(17)14(12)18)15(20-19)11-7-8-3-1-2-4-9(8)11/h1-6,11,15,20H,7,19H2. The van der Waals surface area contributed by atoms with E-state index in [2.05, 4.69) is 5.43 Å². The molecular weight excluding hydrogens is 265 g/mol. The summed E-state index contributed by atoms with van der Waals surface area (Å²) < 4.78 is 40.2. The van der Waals surface area contributed by atoms with Gasteiger partial charge >= 0.3 is 0 Å². The van der Waals surface area contributed by atoms with Gasteiger partial charge in [-0.15, -0.1) is 0 Å². The van der Waals surface area contributed by atoms with Crippen LogP contribution < -0.4 is 11.3 Å². The van der Waals surface area contributed by atoms with Crippen molar-refractivity contribution in [2.75, 3.05) is 0 Å². The predicted octanol–water partition coefficient (Wildman–Crippen LogP) is 2.95. The van der Waals surface area contributed by atoms with Gasteiger partial charge in [-0.1, -0.05) is 30.3 Å². The molecule has 0 aromatic heterocycles. The van der Waals surface area contributed by atoms with E-state index in [4.69, 9.17) is 5.84 Å². The molecule has 104 valence electrons. The van der Waals surface area contributed by atoms with Gasteiger partial charge in [0.1, 0.15) is 0 Å². The molecule has 0 bridgehead atoms. The van der Waals surface area contributed by atoms with Gasteiger partial charge in [0.2, 0.25) is 0 Å². The highest BCUT2D eigenvalue weighted by molar-refractivity contribution is 5.43. The molecule has 1 aliphatic rings. The largest absolute Gasteiger partial charge is 0.271 e. The molecule has 1 aliphatic carbocycles. The van der Waals surface area contributed by atoms with Gasteiger partial charge in [0.05, 0.1) is 6.04 Å². The van der Waals surface area contributed by atoms with Crippen LogP contribution in [0, 0.1) is 17.5 Å². The second-order valence-corrected chi connectivity index (χ2v) is 4.92. The molecule has 2 unspecified atom stereocenters. The van der Waals surface area contributed by atoms with E-state index in [1.807, 2.05) is 24.3 Å². The topological polar surface area (TPSA) is 38.0 Å². The van der Waals surface area contributed by atoms with Crippen LogP contribution in [0.15, 0.2) is 36.4 Å². The van der Waals surface area contributed by atoms with Crippen molar-refractivity contribution in [1.29, 1.82) is 0 Å². The number of hydrogen-bond donors (Lipinski definition) is 2. The second kappa shape index (κ2) is 4.92. The molecule has 0 spiro atoms. The van der Waals surface area contributed by atoms with Crippen molar-refractivity contribution < 1.29 is 13.2 Å². The lowest BCUT2D eigenvalue weighted by atomic mass is 9.72.